The summed E-state index contributed by atoms with van der Waals surface area (Å²) in [5.41, 5.74) is 6.01. The van der Waals surface area contributed by atoms with E-state index >= 15 is 0 Å². The number of rotatable bonds is 7. The zero-order chi connectivity index (χ0) is 19.2. The van der Waals surface area contributed by atoms with E-state index in [0.717, 1.165) is 27.6 Å². The lowest BCUT2D eigenvalue weighted by Crippen LogP contribution is -2.23. The minimum atomic E-state index is -0.257. The minimum absolute atomic E-state index is 0.257. The normalized spacial score (nSPS) is 10.9. The van der Waals surface area contributed by atoms with Gasteiger partial charge < -0.3 is 4.40 Å². The number of nitrogens with zero attached hydrogens (tertiary/aromatic N) is 2. The van der Waals surface area contributed by atoms with E-state index in [1.165, 1.54) is 0 Å². The second-order valence-electron chi connectivity index (χ2n) is 6.22. The lowest BCUT2D eigenvalue weighted by molar-refractivity contribution is 0.0233. The average molecular weight is 389 g/mol. The van der Waals surface area contributed by atoms with Crippen molar-refractivity contribution in [2.24, 2.45) is 0 Å². The smallest absolute Gasteiger partial charge is 0.274 e. The number of benzene rings is 2. The number of thioether (sulfide) groups is 1. The average Bonchev–Trinajstić information content (AvgIpc) is 3.16. The highest BCUT2D eigenvalue weighted by molar-refractivity contribution is 7.98. The fraction of sp³-hybridized carbons (Fsp3) is 0.0909. The molecule has 6 heteroatoms. The molecule has 1 amide bonds. The van der Waals surface area contributed by atoms with Gasteiger partial charge in [0.1, 0.15) is 5.65 Å². The van der Waals surface area contributed by atoms with Crippen LogP contribution in [0.4, 0.5) is 0 Å². The summed E-state index contributed by atoms with van der Waals surface area (Å²) in [5, 5.41) is 0. The number of aromatic nitrogens is 2. The molecular formula is C22H19N3O2S. The van der Waals surface area contributed by atoms with Gasteiger partial charge in [0.05, 0.1) is 12.3 Å². The van der Waals surface area contributed by atoms with Gasteiger partial charge in [0.2, 0.25) is 0 Å². The second kappa shape index (κ2) is 8.73. The van der Waals surface area contributed by atoms with Crippen LogP contribution in [0.5, 0.6) is 0 Å². The van der Waals surface area contributed by atoms with Crippen molar-refractivity contribution in [1.82, 2.24) is 14.9 Å². The number of hydroxylamine groups is 1. The summed E-state index contributed by atoms with van der Waals surface area (Å²) >= 11 is 1.69. The van der Waals surface area contributed by atoms with Crippen molar-refractivity contribution in [3.63, 3.8) is 0 Å². The van der Waals surface area contributed by atoms with Crippen molar-refractivity contribution in [3.05, 3.63) is 102 Å². The van der Waals surface area contributed by atoms with Crippen molar-refractivity contribution in [3.8, 4) is 0 Å². The van der Waals surface area contributed by atoms with Gasteiger partial charge in [0.15, 0.2) is 0 Å². The van der Waals surface area contributed by atoms with Gasteiger partial charge >= 0.3 is 0 Å². The molecule has 0 bridgehead atoms. The Morgan fingerprint density at radius 3 is 2.57 bits per heavy atom. The summed E-state index contributed by atoms with van der Waals surface area (Å²) < 4.78 is 2.01. The van der Waals surface area contributed by atoms with E-state index < -0.39 is 0 Å². The highest BCUT2D eigenvalue weighted by Crippen LogP contribution is 2.23. The monoisotopic (exact) mass is 389 g/mol. The molecule has 4 rings (SSSR count). The zero-order valence-corrected chi connectivity index (χ0v) is 15.9. The van der Waals surface area contributed by atoms with Crippen LogP contribution in [-0.2, 0) is 17.2 Å². The van der Waals surface area contributed by atoms with Crippen molar-refractivity contribution < 1.29 is 9.63 Å². The number of nitrogens with one attached hydrogen (secondary N) is 1. The van der Waals surface area contributed by atoms with Crippen LogP contribution in [0.15, 0.2) is 90.1 Å². The molecule has 0 aliphatic rings. The Bertz CT molecular complexity index is 1030. The molecule has 0 atom stereocenters. The quantitative estimate of drug-likeness (QED) is 0.374. The standard InChI is InChI=1S/C22H19N3O2S/c26-22(24-27-15-17-6-2-1-3-7-17)18-9-11-20(12-10-18)28-16-19-14-25-13-5-4-8-21(25)23-19/h1-14H,15-16H2,(H,24,26). The molecule has 0 spiro atoms. The molecule has 2 aromatic heterocycles. The zero-order valence-electron chi connectivity index (χ0n) is 15.1. The van der Waals surface area contributed by atoms with E-state index in [1.54, 1.807) is 23.9 Å². The van der Waals surface area contributed by atoms with Gasteiger partial charge in [0, 0.05) is 28.6 Å². The van der Waals surface area contributed by atoms with Gasteiger partial charge in [-0.3, -0.25) is 9.63 Å². The molecular weight excluding hydrogens is 370 g/mol. The topological polar surface area (TPSA) is 55.6 Å². The lowest BCUT2D eigenvalue weighted by atomic mass is 10.2. The van der Waals surface area contributed by atoms with Gasteiger partial charge in [-0.25, -0.2) is 10.5 Å². The van der Waals surface area contributed by atoms with Crippen LogP contribution in [0.25, 0.3) is 5.65 Å². The Labute approximate surface area is 167 Å². The maximum absolute atomic E-state index is 12.2. The molecule has 5 nitrogen and oxygen atoms in total. The Morgan fingerprint density at radius 1 is 1.00 bits per heavy atom. The van der Waals surface area contributed by atoms with Gasteiger partial charge in [-0.05, 0) is 42.0 Å². The predicted octanol–water partition coefficient (Wildman–Crippen LogP) is 4.49. The number of carbonyl (C=O) groups is 1. The van der Waals surface area contributed by atoms with Crippen LogP contribution >= 0.6 is 11.8 Å². The van der Waals surface area contributed by atoms with Gasteiger partial charge in [-0.1, -0.05) is 36.4 Å². The largest absolute Gasteiger partial charge is 0.307 e. The number of amides is 1. The molecule has 4 aromatic rings. The van der Waals surface area contributed by atoms with E-state index in [2.05, 4.69) is 10.5 Å². The summed E-state index contributed by atoms with van der Waals surface area (Å²) in [6.07, 6.45) is 4.03. The summed E-state index contributed by atoms with van der Waals surface area (Å²) in [6.45, 7) is 0.333. The summed E-state index contributed by atoms with van der Waals surface area (Å²) in [6, 6.07) is 23.1. The molecule has 0 unspecified atom stereocenters. The Hall–Kier alpha value is -3.09. The van der Waals surface area contributed by atoms with Crippen molar-refractivity contribution >= 4 is 23.3 Å². The van der Waals surface area contributed by atoms with Crippen LogP contribution < -0.4 is 5.48 Å². The Kier molecular flexibility index (Phi) is 5.70. The number of hydrogen-bond acceptors (Lipinski definition) is 4. The third kappa shape index (κ3) is 4.60. The number of fused-ring (bicyclic) bond motifs is 1. The molecule has 2 aromatic carbocycles. The molecule has 0 saturated carbocycles. The molecule has 0 saturated heterocycles. The first-order valence-corrected chi connectivity index (χ1v) is 9.88. The molecule has 0 aliphatic carbocycles. The number of pyridine rings is 1. The molecule has 2 heterocycles. The number of imidazole rings is 1. The van der Waals surface area contributed by atoms with Crippen molar-refractivity contribution in [1.29, 1.82) is 0 Å². The Morgan fingerprint density at radius 2 is 1.79 bits per heavy atom. The van der Waals surface area contributed by atoms with Crippen LogP contribution in [0, 0.1) is 0 Å². The van der Waals surface area contributed by atoms with Gasteiger partial charge in [-0.15, -0.1) is 11.8 Å². The van der Waals surface area contributed by atoms with Crippen LogP contribution in [0.3, 0.4) is 0 Å². The van der Waals surface area contributed by atoms with E-state index in [1.807, 2.05) is 77.5 Å². The lowest BCUT2D eigenvalue weighted by Gasteiger charge is -2.07. The van der Waals surface area contributed by atoms with E-state index in [4.69, 9.17) is 4.84 Å². The summed E-state index contributed by atoms with van der Waals surface area (Å²) in [5.74, 6) is 0.515. The molecule has 0 fully saturated rings. The number of carbonyl (C=O) groups excluding carboxylic acids is 1. The van der Waals surface area contributed by atoms with Crippen LogP contribution in [-0.4, -0.2) is 15.3 Å². The van der Waals surface area contributed by atoms with Crippen molar-refractivity contribution in [2.45, 2.75) is 17.3 Å². The van der Waals surface area contributed by atoms with Gasteiger partial charge in [-0.2, -0.15) is 0 Å². The van der Waals surface area contributed by atoms with Crippen LogP contribution in [0.1, 0.15) is 21.6 Å². The van der Waals surface area contributed by atoms with Gasteiger partial charge in [0.25, 0.3) is 5.91 Å². The van der Waals surface area contributed by atoms with E-state index in [-0.39, 0.29) is 5.91 Å². The fourth-order valence-electron chi connectivity index (χ4n) is 2.73. The first-order valence-electron chi connectivity index (χ1n) is 8.89. The SMILES string of the molecule is O=C(NOCc1ccccc1)c1ccc(SCc2cn3ccccc3n2)cc1. The summed E-state index contributed by atoms with van der Waals surface area (Å²) in [7, 11) is 0. The molecule has 28 heavy (non-hydrogen) atoms. The molecule has 140 valence electrons. The predicted molar refractivity (Wildman–Crippen MR) is 110 cm³/mol. The minimum Gasteiger partial charge on any atom is -0.307 e. The molecule has 0 radical (unpaired) electrons. The maximum atomic E-state index is 12.2. The van der Waals surface area contributed by atoms with E-state index in [0.29, 0.717) is 12.2 Å². The first-order chi connectivity index (χ1) is 13.8. The highest BCUT2D eigenvalue weighted by atomic mass is 32.2. The summed E-state index contributed by atoms with van der Waals surface area (Å²) in [4.78, 5) is 23.1. The molecule has 0 aliphatic heterocycles. The third-order valence-electron chi connectivity index (χ3n) is 4.16. The molecule has 1 N–H and O–H groups in total. The van der Waals surface area contributed by atoms with Crippen molar-refractivity contribution in [2.75, 3.05) is 0 Å². The fourth-order valence-corrected chi connectivity index (χ4v) is 3.52. The highest BCUT2D eigenvalue weighted by Gasteiger charge is 2.07. The van der Waals surface area contributed by atoms with E-state index in [9.17, 15) is 4.79 Å². The Balaban J connectivity index is 1.28. The number of hydrogen-bond donors (Lipinski definition) is 1. The van der Waals surface area contributed by atoms with Crippen LogP contribution in [0.2, 0.25) is 0 Å². The second-order valence-corrected chi connectivity index (χ2v) is 7.27. The first kappa shape index (κ1) is 18.3. The maximum Gasteiger partial charge on any atom is 0.274 e. The third-order valence-corrected chi connectivity index (χ3v) is 5.21.